The van der Waals surface area contributed by atoms with Crippen LogP contribution in [0.4, 0.5) is 10.1 Å². The highest BCUT2D eigenvalue weighted by molar-refractivity contribution is 6.09. The molecule has 0 saturated carbocycles. The minimum atomic E-state index is -0.214. The van der Waals surface area contributed by atoms with Gasteiger partial charge in [0.1, 0.15) is 5.82 Å². The second kappa shape index (κ2) is 8.70. The first-order valence-corrected chi connectivity index (χ1v) is 9.37. The second-order valence-corrected chi connectivity index (χ2v) is 7.08. The monoisotopic (exact) mass is 375 g/mol. The van der Waals surface area contributed by atoms with E-state index in [1.165, 1.54) is 17.7 Å². The number of nitrogens with one attached hydrogen (secondary N) is 2. The van der Waals surface area contributed by atoms with E-state index in [1.54, 1.807) is 7.05 Å². The van der Waals surface area contributed by atoms with Crippen molar-refractivity contribution >= 4 is 11.4 Å². The van der Waals surface area contributed by atoms with Crippen molar-refractivity contribution in [1.82, 2.24) is 5.32 Å². The van der Waals surface area contributed by atoms with Gasteiger partial charge in [-0.15, -0.1) is 0 Å². The summed E-state index contributed by atoms with van der Waals surface area (Å²) >= 11 is 0. The summed E-state index contributed by atoms with van der Waals surface area (Å²) in [6.07, 6.45) is 4.75. The molecule has 1 atom stereocenters. The van der Waals surface area contributed by atoms with Gasteiger partial charge in [0.05, 0.1) is 5.71 Å². The van der Waals surface area contributed by atoms with Crippen molar-refractivity contribution < 1.29 is 4.39 Å². The van der Waals surface area contributed by atoms with Crippen LogP contribution < -0.4 is 10.6 Å². The van der Waals surface area contributed by atoms with Gasteiger partial charge in [-0.1, -0.05) is 38.3 Å². The van der Waals surface area contributed by atoms with E-state index in [4.69, 9.17) is 0 Å². The molecule has 0 bridgehead atoms. The summed E-state index contributed by atoms with van der Waals surface area (Å²) < 4.78 is 13.0. The van der Waals surface area contributed by atoms with E-state index in [9.17, 15) is 4.39 Å². The molecular weight excluding hydrogens is 349 g/mol. The summed E-state index contributed by atoms with van der Waals surface area (Å²) in [5.41, 5.74) is 7.25. The van der Waals surface area contributed by atoms with Crippen LogP contribution in [-0.2, 0) is 6.42 Å². The molecular formula is C24H26FN3. The topological polar surface area (TPSA) is 36.4 Å². The number of aliphatic imine (C=N–C) groups is 1. The highest BCUT2D eigenvalue weighted by Gasteiger charge is 2.14. The van der Waals surface area contributed by atoms with Crippen molar-refractivity contribution in [3.05, 3.63) is 102 Å². The third-order valence-corrected chi connectivity index (χ3v) is 4.87. The normalized spacial score (nSPS) is 14.7. The minimum Gasteiger partial charge on any atom is -0.385 e. The molecule has 3 nitrogen and oxygen atoms in total. The number of anilines is 1. The van der Waals surface area contributed by atoms with Crippen LogP contribution in [0.5, 0.6) is 0 Å². The molecule has 0 amide bonds. The lowest BCUT2D eigenvalue weighted by Gasteiger charge is -2.14. The third kappa shape index (κ3) is 4.77. The zero-order valence-corrected chi connectivity index (χ0v) is 16.4. The van der Waals surface area contributed by atoms with Crippen molar-refractivity contribution in [3.63, 3.8) is 0 Å². The Morgan fingerprint density at radius 3 is 2.71 bits per heavy atom. The first kappa shape index (κ1) is 19.6. The summed E-state index contributed by atoms with van der Waals surface area (Å²) in [7, 11) is 1.79. The molecule has 0 aliphatic carbocycles. The van der Waals surface area contributed by atoms with Gasteiger partial charge in [-0.2, -0.15) is 0 Å². The highest BCUT2D eigenvalue weighted by Crippen LogP contribution is 2.28. The lowest BCUT2D eigenvalue weighted by Crippen LogP contribution is -2.18. The molecule has 28 heavy (non-hydrogen) atoms. The fraction of sp³-hybridized carbons (Fsp3) is 0.208. The van der Waals surface area contributed by atoms with Gasteiger partial charge in [-0.05, 0) is 53.5 Å². The Hall–Kier alpha value is -3.14. The van der Waals surface area contributed by atoms with Crippen LogP contribution in [0.15, 0.2) is 84.2 Å². The highest BCUT2D eigenvalue weighted by atomic mass is 19.1. The van der Waals surface area contributed by atoms with E-state index >= 15 is 0 Å². The van der Waals surface area contributed by atoms with Crippen LogP contribution in [-0.4, -0.2) is 19.3 Å². The Morgan fingerprint density at radius 2 is 2.00 bits per heavy atom. The molecule has 0 spiro atoms. The lowest BCUT2D eigenvalue weighted by atomic mass is 10.0. The van der Waals surface area contributed by atoms with Crippen LogP contribution in [0.2, 0.25) is 0 Å². The molecule has 0 saturated heterocycles. The smallest absolute Gasteiger partial charge is 0.123 e. The van der Waals surface area contributed by atoms with E-state index in [2.05, 4.69) is 53.9 Å². The number of fused-ring (bicyclic) bond motifs is 1. The summed E-state index contributed by atoms with van der Waals surface area (Å²) in [5.74, 6) is 0.0386. The van der Waals surface area contributed by atoms with E-state index in [-0.39, 0.29) is 11.7 Å². The number of hydrogen-bond donors (Lipinski definition) is 2. The average Bonchev–Trinajstić information content (AvgIpc) is 3.06. The van der Waals surface area contributed by atoms with Gasteiger partial charge in [-0.25, -0.2) is 4.39 Å². The maximum absolute atomic E-state index is 13.0. The fourth-order valence-corrected chi connectivity index (χ4v) is 3.22. The van der Waals surface area contributed by atoms with Crippen LogP contribution in [0.1, 0.15) is 29.5 Å². The van der Waals surface area contributed by atoms with Crippen LogP contribution in [0.25, 0.3) is 0 Å². The molecule has 2 aromatic rings. The molecule has 0 aromatic heterocycles. The van der Waals surface area contributed by atoms with Gasteiger partial charge >= 0.3 is 0 Å². The van der Waals surface area contributed by atoms with Crippen LogP contribution >= 0.6 is 0 Å². The SMILES string of the molecule is C=C(/C=C\C(=N/C)c1ccc2c(c1)CC(=C)N2)NCC(C)c1ccc(F)cc1. The first-order valence-electron chi connectivity index (χ1n) is 9.37. The summed E-state index contributed by atoms with van der Waals surface area (Å²) in [4.78, 5) is 4.41. The summed E-state index contributed by atoms with van der Waals surface area (Å²) in [6, 6.07) is 12.9. The summed E-state index contributed by atoms with van der Waals surface area (Å²) in [5, 5.41) is 6.60. The standard InChI is InChI=1S/C24H26FN3/c1-16(19-6-9-22(25)10-7-19)15-27-17(2)5-11-23(26-4)20-8-12-24-21(14-20)13-18(3)28-24/h5-12,14,16,27-28H,2-3,13,15H2,1,4H3/b11-5-,26-23+. The Kier molecular flexibility index (Phi) is 6.09. The van der Waals surface area contributed by atoms with E-state index in [0.717, 1.165) is 46.9 Å². The predicted molar refractivity (Wildman–Crippen MR) is 116 cm³/mol. The van der Waals surface area contributed by atoms with Gasteiger partial charge in [0, 0.05) is 42.7 Å². The number of nitrogens with zero attached hydrogens (tertiary/aromatic N) is 1. The molecule has 2 N–H and O–H groups in total. The Morgan fingerprint density at radius 1 is 1.25 bits per heavy atom. The van der Waals surface area contributed by atoms with Crippen molar-refractivity contribution in [1.29, 1.82) is 0 Å². The zero-order chi connectivity index (χ0) is 20.1. The Balaban J connectivity index is 1.59. The maximum Gasteiger partial charge on any atom is 0.123 e. The van der Waals surface area contributed by atoms with Crippen molar-refractivity contribution in [2.24, 2.45) is 4.99 Å². The number of benzene rings is 2. The molecule has 4 heteroatoms. The molecule has 0 radical (unpaired) electrons. The molecule has 0 fully saturated rings. The molecule has 1 aliphatic heterocycles. The molecule has 3 rings (SSSR count). The van der Waals surface area contributed by atoms with E-state index in [0.29, 0.717) is 0 Å². The van der Waals surface area contributed by atoms with E-state index in [1.807, 2.05) is 24.3 Å². The summed E-state index contributed by atoms with van der Waals surface area (Å²) in [6.45, 7) is 10.9. The van der Waals surface area contributed by atoms with E-state index < -0.39 is 0 Å². The average molecular weight is 375 g/mol. The molecule has 1 heterocycles. The Bertz CT molecular complexity index is 939. The predicted octanol–water partition coefficient (Wildman–Crippen LogP) is 5.19. The Labute approximate surface area is 166 Å². The van der Waals surface area contributed by atoms with Crippen LogP contribution in [0.3, 0.4) is 0 Å². The number of allylic oxidation sites excluding steroid dienone is 3. The molecule has 1 unspecified atom stereocenters. The van der Waals surface area contributed by atoms with Crippen molar-refractivity contribution in [2.45, 2.75) is 19.3 Å². The minimum absolute atomic E-state index is 0.214. The zero-order valence-electron chi connectivity index (χ0n) is 16.4. The van der Waals surface area contributed by atoms with Gasteiger partial charge in [0.15, 0.2) is 0 Å². The quantitative estimate of drug-likeness (QED) is 0.516. The maximum atomic E-state index is 13.0. The molecule has 144 valence electrons. The lowest BCUT2D eigenvalue weighted by molar-refractivity contribution is 0.624. The number of halogens is 1. The number of hydrogen-bond acceptors (Lipinski definition) is 3. The number of rotatable bonds is 7. The third-order valence-electron chi connectivity index (χ3n) is 4.87. The van der Waals surface area contributed by atoms with Crippen molar-refractivity contribution in [2.75, 3.05) is 18.9 Å². The van der Waals surface area contributed by atoms with Gasteiger partial charge in [0.25, 0.3) is 0 Å². The molecule has 1 aliphatic rings. The largest absolute Gasteiger partial charge is 0.385 e. The first-order chi connectivity index (χ1) is 13.5. The van der Waals surface area contributed by atoms with Gasteiger partial charge in [0.2, 0.25) is 0 Å². The second-order valence-electron chi connectivity index (χ2n) is 7.08. The van der Waals surface area contributed by atoms with Gasteiger partial charge < -0.3 is 10.6 Å². The fourth-order valence-electron chi connectivity index (χ4n) is 3.22. The van der Waals surface area contributed by atoms with Crippen LogP contribution in [0, 0.1) is 5.82 Å². The van der Waals surface area contributed by atoms with Crippen molar-refractivity contribution in [3.8, 4) is 0 Å². The molecule has 2 aromatic carbocycles. The van der Waals surface area contributed by atoms with Gasteiger partial charge in [-0.3, -0.25) is 4.99 Å².